The number of nitrogens with zero attached hydrogens (tertiary/aromatic N) is 4. The number of nitrogens with two attached hydrogens (primary N) is 2. The van der Waals surface area contributed by atoms with Crippen molar-refractivity contribution >= 4 is 28.6 Å². The molecule has 0 aliphatic carbocycles. The smallest absolute Gasteiger partial charge is 0.228 e. The van der Waals surface area contributed by atoms with E-state index in [1.54, 1.807) is 6.07 Å². The number of rotatable bonds is 6. The van der Waals surface area contributed by atoms with Crippen molar-refractivity contribution in [3.63, 3.8) is 0 Å². The Morgan fingerprint density at radius 3 is 2.51 bits per heavy atom. The Balaban J connectivity index is 1.57. The van der Waals surface area contributed by atoms with Gasteiger partial charge in [-0.1, -0.05) is 30.3 Å². The van der Waals surface area contributed by atoms with Crippen LogP contribution < -0.4 is 25.8 Å². The highest BCUT2D eigenvalue weighted by molar-refractivity contribution is 5.92. The molecule has 35 heavy (non-hydrogen) atoms. The summed E-state index contributed by atoms with van der Waals surface area (Å²) >= 11 is 0. The minimum absolute atomic E-state index is 0.0119. The number of amides is 1. The van der Waals surface area contributed by atoms with Crippen molar-refractivity contribution in [2.75, 3.05) is 37.9 Å². The van der Waals surface area contributed by atoms with Crippen molar-refractivity contribution < 1.29 is 18.7 Å². The molecule has 1 fully saturated rings. The zero-order valence-electron chi connectivity index (χ0n) is 20.4. The third-order valence-corrected chi connectivity index (χ3v) is 6.48. The van der Waals surface area contributed by atoms with Crippen molar-refractivity contribution in [3.8, 4) is 11.5 Å². The maximum atomic E-state index is 15.2. The summed E-state index contributed by atoms with van der Waals surface area (Å²) in [6, 6.07) is 10.5. The summed E-state index contributed by atoms with van der Waals surface area (Å²) in [6.45, 7) is 4.85. The average Bonchev–Trinajstić information content (AvgIpc) is 2.85. The normalized spacial score (nSPS) is 19.0. The van der Waals surface area contributed by atoms with Gasteiger partial charge in [-0.25, -0.2) is 9.37 Å². The van der Waals surface area contributed by atoms with Gasteiger partial charge in [-0.3, -0.25) is 4.79 Å². The molecule has 4 N–H and O–H groups in total. The molecule has 0 spiro atoms. The fourth-order valence-electron chi connectivity index (χ4n) is 4.54. The van der Waals surface area contributed by atoms with E-state index in [-0.39, 0.29) is 53.3 Å². The number of carbonyl (C=O) groups is 1. The molecule has 1 amide bonds. The summed E-state index contributed by atoms with van der Waals surface area (Å²) < 4.78 is 25.6. The van der Waals surface area contributed by atoms with E-state index in [0.29, 0.717) is 24.4 Å². The summed E-state index contributed by atoms with van der Waals surface area (Å²) in [5, 5.41) is 0.341. The van der Waals surface area contributed by atoms with Gasteiger partial charge >= 0.3 is 0 Å². The third-order valence-electron chi connectivity index (χ3n) is 6.48. The van der Waals surface area contributed by atoms with Crippen LogP contribution in [0, 0.1) is 5.82 Å². The van der Waals surface area contributed by atoms with Crippen LogP contribution in [0.2, 0.25) is 0 Å². The maximum Gasteiger partial charge on any atom is 0.228 e. The number of piperazine rings is 1. The minimum atomic E-state index is -0.665. The topological polar surface area (TPSA) is 120 Å². The molecule has 1 unspecified atom stereocenters. The molecular formula is C25H31FN6O3. The SMILES string of the molecule is COc1cc2c(N)nc(N3C[C@@H](C)N(C(=O)CC(N)c4ccccc4)C[C@@H]3C)nc2c(F)c1OC. The van der Waals surface area contributed by atoms with Crippen molar-refractivity contribution in [1.29, 1.82) is 0 Å². The summed E-state index contributed by atoms with van der Waals surface area (Å²) in [6.07, 6.45) is 0.216. The number of aromatic nitrogens is 2. The molecule has 0 saturated carbocycles. The maximum absolute atomic E-state index is 15.2. The van der Waals surface area contributed by atoms with Gasteiger partial charge in [0.05, 0.1) is 14.2 Å². The average molecular weight is 483 g/mol. The number of carbonyl (C=O) groups excluding carboxylic acids is 1. The Hall–Kier alpha value is -3.66. The van der Waals surface area contributed by atoms with Crippen LogP contribution >= 0.6 is 0 Å². The largest absolute Gasteiger partial charge is 0.493 e. The number of anilines is 2. The molecule has 4 rings (SSSR count). The zero-order valence-corrected chi connectivity index (χ0v) is 20.4. The van der Waals surface area contributed by atoms with Gasteiger partial charge in [-0.2, -0.15) is 4.98 Å². The molecule has 1 saturated heterocycles. The monoisotopic (exact) mass is 482 g/mol. The van der Waals surface area contributed by atoms with Gasteiger partial charge in [0.1, 0.15) is 11.3 Å². The number of hydrogen-bond acceptors (Lipinski definition) is 8. The predicted molar refractivity (Wildman–Crippen MR) is 133 cm³/mol. The number of hydrogen-bond donors (Lipinski definition) is 2. The van der Waals surface area contributed by atoms with Gasteiger partial charge in [0, 0.05) is 43.0 Å². The Morgan fingerprint density at radius 2 is 1.86 bits per heavy atom. The Labute approximate surface area is 203 Å². The lowest BCUT2D eigenvalue weighted by atomic mass is 10.0. The molecule has 2 heterocycles. The molecule has 2 aromatic carbocycles. The molecule has 0 bridgehead atoms. The molecule has 10 heteroatoms. The second-order valence-corrected chi connectivity index (χ2v) is 8.85. The summed E-state index contributed by atoms with van der Waals surface area (Å²) in [5.74, 6) is -0.0756. The van der Waals surface area contributed by atoms with Crippen molar-refractivity contribution in [2.24, 2.45) is 5.73 Å². The van der Waals surface area contributed by atoms with Crippen LogP contribution in [0.1, 0.15) is 31.9 Å². The van der Waals surface area contributed by atoms with Crippen LogP contribution in [-0.2, 0) is 4.79 Å². The minimum Gasteiger partial charge on any atom is -0.493 e. The molecule has 3 aromatic rings. The van der Waals surface area contributed by atoms with E-state index in [9.17, 15) is 4.79 Å². The Kier molecular flexibility index (Phi) is 6.93. The van der Waals surface area contributed by atoms with Gasteiger partial charge in [0.25, 0.3) is 0 Å². The number of fused-ring (bicyclic) bond motifs is 1. The second-order valence-electron chi connectivity index (χ2n) is 8.85. The fraction of sp³-hybridized carbons (Fsp3) is 0.400. The Morgan fingerprint density at radius 1 is 1.14 bits per heavy atom. The molecular weight excluding hydrogens is 451 g/mol. The first-order valence-electron chi connectivity index (χ1n) is 11.5. The fourth-order valence-corrected chi connectivity index (χ4v) is 4.54. The van der Waals surface area contributed by atoms with Crippen LogP contribution in [0.4, 0.5) is 16.2 Å². The first-order chi connectivity index (χ1) is 16.7. The molecule has 1 aliphatic heterocycles. The number of nitrogen functional groups attached to an aromatic ring is 1. The molecule has 9 nitrogen and oxygen atoms in total. The summed E-state index contributed by atoms with van der Waals surface area (Å²) in [7, 11) is 2.78. The lowest BCUT2D eigenvalue weighted by Crippen LogP contribution is -2.58. The van der Waals surface area contributed by atoms with Crippen molar-refractivity contribution in [3.05, 3.63) is 47.8 Å². The third kappa shape index (κ3) is 4.66. The van der Waals surface area contributed by atoms with Crippen molar-refractivity contribution in [2.45, 2.75) is 38.4 Å². The zero-order chi connectivity index (χ0) is 25.3. The number of methoxy groups -OCH3 is 2. The van der Waals surface area contributed by atoms with Crippen molar-refractivity contribution in [1.82, 2.24) is 14.9 Å². The molecule has 0 radical (unpaired) electrons. The lowest BCUT2D eigenvalue weighted by molar-refractivity contribution is -0.134. The summed E-state index contributed by atoms with van der Waals surface area (Å²) in [5.41, 5.74) is 13.5. The van der Waals surface area contributed by atoms with E-state index in [2.05, 4.69) is 9.97 Å². The molecule has 186 valence electrons. The predicted octanol–water partition coefficient (Wildman–Crippen LogP) is 2.88. The van der Waals surface area contributed by atoms with Crippen LogP contribution in [0.5, 0.6) is 11.5 Å². The van der Waals surface area contributed by atoms with Crippen LogP contribution in [0.15, 0.2) is 36.4 Å². The van der Waals surface area contributed by atoms with Gasteiger partial charge in [0.15, 0.2) is 17.3 Å². The first kappa shape index (κ1) is 24.5. The van der Waals surface area contributed by atoms with E-state index in [1.807, 2.05) is 54.0 Å². The standard InChI is InChI=1S/C25H31FN6O3/c1-14-13-32(15(2)12-31(14)20(33)11-18(27)16-8-6-5-7-9-16)25-29-22-17(24(28)30-25)10-19(34-3)23(35-4)21(22)26/h5-10,14-15,18H,11-13,27H2,1-4H3,(H2,28,29,30)/t14-,15+,18?/m1/s1. The highest BCUT2D eigenvalue weighted by atomic mass is 19.1. The van der Waals surface area contributed by atoms with E-state index < -0.39 is 5.82 Å². The van der Waals surface area contributed by atoms with Gasteiger partial charge in [0.2, 0.25) is 11.9 Å². The number of ether oxygens (including phenoxy) is 2. The van der Waals surface area contributed by atoms with E-state index in [0.717, 1.165) is 5.56 Å². The first-order valence-corrected chi connectivity index (χ1v) is 11.5. The number of halogens is 1. The number of benzene rings is 2. The van der Waals surface area contributed by atoms with Gasteiger partial charge < -0.3 is 30.7 Å². The highest BCUT2D eigenvalue weighted by Crippen LogP contribution is 2.38. The summed E-state index contributed by atoms with van der Waals surface area (Å²) in [4.78, 5) is 25.8. The lowest BCUT2D eigenvalue weighted by Gasteiger charge is -2.44. The Bertz CT molecular complexity index is 1230. The quantitative estimate of drug-likeness (QED) is 0.550. The van der Waals surface area contributed by atoms with Gasteiger partial charge in [-0.15, -0.1) is 0 Å². The molecule has 1 aromatic heterocycles. The second kappa shape index (κ2) is 9.91. The van der Waals surface area contributed by atoms with Crippen LogP contribution in [0.25, 0.3) is 10.9 Å². The molecule has 3 atom stereocenters. The van der Waals surface area contributed by atoms with Crippen LogP contribution in [-0.4, -0.2) is 60.2 Å². The van der Waals surface area contributed by atoms with E-state index >= 15 is 4.39 Å². The van der Waals surface area contributed by atoms with E-state index in [4.69, 9.17) is 20.9 Å². The molecule has 1 aliphatic rings. The van der Waals surface area contributed by atoms with Gasteiger partial charge in [-0.05, 0) is 25.5 Å². The highest BCUT2D eigenvalue weighted by Gasteiger charge is 2.34. The van der Waals surface area contributed by atoms with E-state index in [1.165, 1.54) is 14.2 Å². The van der Waals surface area contributed by atoms with Crippen LogP contribution in [0.3, 0.4) is 0 Å².